The van der Waals surface area contributed by atoms with Crippen LogP contribution in [0, 0.1) is 11.7 Å². The van der Waals surface area contributed by atoms with Gasteiger partial charge in [0.15, 0.2) is 0 Å². The molecule has 1 unspecified atom stereocenters. The van der Waals surface area contributed by atoms with Crippen LogP contribution in [0.4, 0.5) is 10.1 Å². The molecule has 3 aliphatic heterocycles. The first kappa shape index (κ1) is 15.0. The minimum atomic E-state index is -0.243. The van der Waals surface area contributed by atoms with Crippen LogP contribution in [0.5, 0.6) is 0 Å². The number of hydroxylamine groups is 2. The van der Waals surface area contributed by atoms with Crippen LogP contribution in [0.2, 0.25) is 0 Å². The van der Waals surface area contributed by atoms with Gasteiger partial charge in [0.05, 0.1) is 30.9 Å². The van der Waals surface area contributed by atoms with Gasteiger partial charge in [-0.05, 0) is 36.8 Å². The van der Waals surface area contributed by atoms with Crippen molar-refractivity contribution in [2.24, 2.45) is 10.9 Å². The van der Waals surface area contributed by atoms with Gasteiger partial charge in [-0.1, -0.05) is 6.92 Å². The molecule has 3 heterocycles. The van der Waals surface area contributed by atoms with Crippen LogP contribution < -0.4 is 4.90 Å². The molecule has 5 nitrogen and oxygen atoms in total. The van der Waals surface area contributed by atoms with Gasteiger partial charge < -0.3 is 9.80 Å². The Hall–Kier alpha value is -2.60. The molecule has 0 fully saturated rings. The molecule has 0 saturated carbocycles. The van der Waals surface area contributed by atoms with Gasteiger partial charge in [0, 0.05) is 17.8 Å². The summed E-state index contributed by atoms with van der Waals surface area (Å²) in [6, 6.07) is 6.52. The van der Waals surface area contributed by atoms with E-state index >= 15 is 0 Å². The summed E-state index contributed by atoms with van der Waals surface area (Å²) in [5.41, 5.74) is 4.10. The molecule has 0 saturated heterocycles. The van der Waals surface area contributed by atoms with E-state index in [1.54, 1.807) is 24.3 Å². The second-order valence-electron chi connectivity index (χ2n) is 6.13. The number of benzene rings is 1. The average molecular weight is 326 g/mol. The highest BCUT2D eigenvalue weighted by Gasteiger charge is 2.36. The lowest BCUT2D eigenvalue weighted by Crippen LogP contribution is -2.39. The zero-order valence-electron chi connectivity index (χ0n) is 13.9. The summed E-state index contributed by atoms with van der Waals surface area (Å²) in [6.45, 7) is 4.84. The number of fused-ring (bicyclic) bond motifs is 2. The molecule has 1 atom stereocenters. The van der Waals surface area contributed by atoms with Crippen molar-refractivity contribution in [3.63, 3.8) is 0 Å². The van der Waals surface area contributed by atoms with E-state index in [1.165, 1.54) is 17.7 Å². The maximum Gasteiger partial charge on any atom is 0.142 e. The topological polar surface area (TPSA) is 31.3 Å². The Labute approximate surface area is 140 Å². The molecule has 0 aliphatic carbocycles. The predicted molar refractivity (Wildman–Crippen MR) is 91.0 cm³/mol. The molecule has 24 heavy (non-hydrogen) atoms. The van der Waals surface area contributed by atoms with E-state index in [0.29, 0.717) is 6.67 Å². The Kier molecular flexibility index (Phi) is 3.42. The molecule has 0 radical (unpaired) electrons. The summed E-state index contributed by atoms with van der Waals surface area (Å²) in [5.74, 6) is 0.979. The third-order valence-corrected chi connectivity index (χ3v) is 4.68. The fraction of sp³-hybridized carbons (Fsp3) is 0.278. The minimum Gasteiger partial charge on any atom is -0.302 e. The number of hydrogen-bond acceptors (Lipinski definition) is 5. The summed E-state index contributed by atoms with van der Waals surface area (Å²) in [7, 11) is 1.65. The molecule has 1 aromatic rings. The SMILES string of the molecule is CON1C=C2C=NC3=C(N2C1)N(c1ccc(F)cc1)C=C(C)C3C. The Bertz CT molecular complexity index is 794. The first-order chi connectivity index (χ1) is 11.6. The number of allylic oxidation sites excluding steroid dienone is 2. The van der Waals surface area contributed by atoms with Crippen molar-refractivity contribution in [2.75, 3.05) is 18.7 Å². The van der Waals surface area contributed by atoms with E-state index in [9.17, 15) is 4.39 Å². The minimum absolute atomic E-state index is 0.228. The van der Waals surface area contributed by atoms with Gasteiger partial charge >= 0.3 is 0 Å². The van der Waals surface area contributed by atoms with Crippen LogP contribution in [-0.4, -0.2) is 30.0 Å². The van der Waals surface area contributed by atoms with Gasteiger partial charge in [-0.15, -0.1) is 0 Å². The van der Waals surface area contributed by atoms with Gasteiger partial charge in [-0.2, -0.15) is 0 Å². The smallest absolute Gasteiger partial charge is 0.142 e. The molecule has 0 N–H and O–H groups in total. The lowest BCUT2D eigenvalue weighted by Gasteiger charge is -2.40. The first-order valence-corrected chi connectivity index (χ1v) is 7.90. The van der Waals surface area contributed by atoms with E-state index in [-0.39, 0.29) is 11.7 Å². The van der Waals surface area contributed by atoms with Crippen molar-refractivity contribution < 1.29 is 9.23 Å². The number of anilines is 1. The van der Waals surface area contributed by atoms with Gasteiger partial charge in [0.2, 0.25) is 0 Å². The van der Waals surface area contributed by atoms with Crippen LogP contribution in [0.15, 0.2) is 64.4 Å². The van der Waals surface area contributed by atoms with Crippen molar-refractivity contribution in [1.82, 2.24) is 9.96 Å². The largest absolute Gasteiger partial charge is 0.302 e. The number of nitrogens with zero attached hydrogens (tertiary/aromatic N) is 4. The molecule has 0 spiro atoms. The van der Waals surface area contributed by atoms with E-state index < -0.39 is 0 Å². The van der Waals surface area contributed by atoms with Crippen LogP contribution in [0.1, 0.15) is 13.8 Å². The molecule has 0 aromatic heterocycles. The molecule has 4 rings (SSSR count). The summed E-state index contributed by atoms with van der Waals surface area (Å²) in [6.07, 6.45) is 5.90. The second kappa shape index (κ2) is 5.49. The monoisotopic (exact) mass is 326 g/mol. The van der Waals surface area contributed by atoms with Crippen LogP contribution in [-0.2, 0) is 4.84 Å². The second-order valence-corrected chi connectivity index (χ2v) is 6.13. The lowest BCUT2D eigenvalue weighted by molar-refractivity contribution is -0.0951. The summed E-state index contributed by atoms with van der Waals surface area (Å²) in [5, 5.41) is 1.76. The number of aliphatic imine (C=N–C) groups is 1. The van der Waals surface area contributed by atoms with Crippen molar-refractivity contribution in [3.8, 4) is 0 Å². The normalized spacial score (nSPS) is 22.5. The fourth-order valence-corrected chi connectivity index (χ4v) is 3.16. The van der Waals surface area contributed by atoms with Crippen molar-refractivity contribution in [3.05, 3.63) is 65.3 Å². The fourth-order valence-electron chi connectivity index (χ4n) is 3.16. The highest BCUT2D eigenvalue weighted by atomic mass is 19.1. The average Bonchev–Trinajstić information content (AvgIpc) is 3.02. The Balaban J connectivity index is 1.81. The van der Waals surface area contributed by atoms with Gasteiger partial charge in [-0.25, -0.2) is 9.45 Å². The van der Waals surface area contributed by atoms with Crippen molar-refractivity contribution >= 4 is 11.9 Å². The summed E-state index contributed by atoms with van der Waals surface area (Å²) < 4.78 is 13.3. The maximum atomic E-state index is 13.3. The van der Waals surface area contributed by atoms with E-state index in [4.69, 9.17) is 9.83 Å². The maximum absolute atomic E-state index is 13.3. The Morgan fingerprint density at radius 2 is 1.96 bits per heavy atom. The first-order valence-electron chi connectivity index (χ1n) is 7.90. The van der Waals surface area contributed by atoms with E-state index in [0.717, 1.165) is 22.9 Å². The number of hydrogen-bond donors (Lipinski definition) is 0. The zero-order chi connectivity index (χ0) is 16.8. The van der Waals surface area contributed by atoms with Gasteiger partial charge in [0.25, 0.3) is 0 Å². The van der Waals surface area contributed by atoms with Crippen LogP contribution in [0.3, 0.4) is 0 Å². The molecular weight excluding hydrogens is 307 g/mol. The molecule has 6 heteroatoms. The third kappa shape index (κ3) is 2.22. The highest BCUT2D eigenvalue weighted by Crippen LogP contribution is 2.40. The predicted octanol–water partition coefficient (Wildman–Crippen LogP) is 3.42. The standard InChI is InChI=1S/C18H19FN4O/c1-12-9-22(15-6-4-14(19)5-7-15)18-17(13(12)2)20-8-16-10-21(24-3)11-23(16)18/h4-10,13H,11H2,1-3H3. The number of rotatable bonds is 2. The van der Waals surface area contributed by atoms with Crippen LogP contribution in [0.25, 0.3) is 0 Å². The Morgan fingerprint density at radius 1 is 1.21 bits per heavy atom. The summed E-state index contributed by atoms with van der Waals surface area (Å²) >= 11 is 0. The van der Waals surface area contributed by atoms with Crippen LogP contribution >= 0.6 is 0 Å². The molecular formula is C18H19FN4O. The van der Waals surface area contributed by atoms with Gasteiger partial charge in [0.1, 0.15) is 18.3 Å². The van der Waals surface area contributed by atoms with E-state index in [1.807, 2.05) is 12.4 Å². The van der Waals surface area contributed by atoms with Crippen molar-refractivity contribution in [2.45, 2.75) is 13.8 Å². The lowest BCUT2D eigenvalue weighted by atomic mass is 9.95. The van der Waals surface area contributed by atoms with Gasteiger partial charge in [-0.3, -0.25) is 9.83 Å². The molecule has 124 valence electrons. The molecule has 1 aromatic carbocycles. The Morgan fingerprint density at radius 3 is 2.67 bits per heavy atom. The van der Waals surface area contributed by atoms with E-state index in [2.05, 4.69) is 29.8 Å². The zero-order valence-corrected chi connectivity index (χ0v) is 13.9. The van der Waals surface area contributed by atoms with Crippen molar-refractivity contribution in [1.29, 1.82) is 0 Å². The number of halogens is 1. The summed E-state index contributed by atoms with van der Waals surface area (Å²) in [4.78, 5) is 14.3. The molecule has 0 bridgehead atoms. The quantitative estimate of drug-likeness (QED) is 0.833. The highest BCUT2D eigenvalue weighted by molar-refractivity contribution is 5.82. The molecule has 0 amide bonds. The third-order valence-electron chi connectivity index (χ3n) is 4.68. The molecule has 3 aliphatic rings.